The Hall–Kier alpha value is -4.49. The molecule has 42 heavy (non-hydrogen) atoms. The van der Waals surface area contributed by atoms with Crippen molar-refractivity contribution in [2.24, 2.45) is 0 Å². The normalized spacial score (nSPS) is 11.1. The highest BCUT2D eigenvalue weighted by Crippen LogP contribution is 2.41. The van der Waals surface area contributed by atoms with Crippen LogP contribution in [0.3, 0.4) is 0 Å². The van der Waals surface area contributed by atoms with E-state index in [0.29, 0.717) is 39.9 Å². The molecule has 3 aromatic carbocycles. The van der Waals surface area contributed by atoms with Gasteiger partial charge in [-0.15, -0.1) is 11.3 Å². The highest BCUT2D eigenvalue weighted by molar-refractivity contribution is 7.17. The van der Waals surface area contributed by atoms with E-state index in [1.54, 1.807) is 13.0 Å². The van der Waals surface area contributed by atoms with Gasteiger partial charge in [0.25, 0.3) is 5.91 Å². The fourth-order valence-electron chi connectivity index (χ4n) is 5.01. The van der Waals surface area contributed by atoms with E-state index in [4.69, 9.17) is 14.5 Å². The van der Waals surface area contributed by atoms with Gasteiger partial charge in [0.2, 0.25) is 0 Å². The lowest BCUT2D eigenvalue weighted by Gasteiger charge is -2.13. The van der Waals surface area contributed by atoms with Crippen molar-refractivity contribution in [3.8, 4) is 28.1 Å². The Morgan fingerprint density at radius 3 is 2.38 bits per heavy atom. The van der Waals surface area contributed by atoms with Crippen LogP contribution in [0.15, 0.2) is 78.9 Å². The lowest BCUT2D eigenvalue weighted by Crippen LogP contribution is -2.15. The number of amides is 1. The summed E-state index contributed by atoms with van der Waals surface area (Å²) in [5.41, 5.74) is 5.91. The third kappa shape index (κ3) is 5.92. The molecule has 0 aliphatic rings. The molecule has 1 N–H and O–H groups in total. The minimum absolute atomic E-state index is 0.228. The smallest absolute Gasteiger partial charge is 0.341 e. The van der Waals surface area contributed by atoms with Gasteiger partial charge in [-0.3, -0.25) is 4.79 Å². The molecule has 6 nitrogen and oxygen atoms in total. The molecule has 0 bridgehead atoms. The molecule has 0 unspecified atom stereocenters. The van der Waals surface area contributed by atoms with Crippen molar-refractivity contribution in [3.05, 3.63) is 100 Å². The predicted octanol–water partition coefficient (Wildman–Crippen LogP) is 8.89. The van der Waals surface area contributed by atoms with Crippen LogP contribution in [0.4, 0.5) is 5.00 Å². The topological polar surface area (TPSA) is 77.5 Å². The molecule has 5 aromatic rings. The summed E-state index contributed by atoms with van der Waals surface area (Å²) in [5.74, 6) is 0.333. The molecule has 0 saturated carbocycles. The van der Waals surface area contributed by atoms with Crippen molar-refractivity contribution in [2.75, 3.05) is 18.5 Å². The Balaban J connectivity index is 1.58. The molecule has 0 aliphatic heterocycles. The van der Waals surface area contributed by atoms with Crippen LogP contribution < -0.4 is 10.1 Å². The van der Waals surface area contributed by atoms with Crippen LogP contribution >= 0.6 is 11.3 Å². The number of para-hydroxylation sites is 1. The molecule has 0 radical (unpaired) electrons. The van der Waals surface area contributed by atoms with E-state index >= 15 is 0 Å². The minimum atomic E-state index is -0.465. The highest BCUT2D eigenvalue weighted by atomic mass is 32.1. The zero-order chi connectivity index (χ0) is 29.8. The van der Waals surface area contributed by atoms with Crippen molar-refractivity contribution in [1.29, 1.82) is 0 Å². The van der Waals surface area contributed by atoms with E-state index in [9.17, 15) is 9.59 Å². The number of rotatable bonds is 9. The average molecular weight is 579 g/mol. The summed E-state index contributed by atoms with van der Waals surface area (Å²) in [6.45, 7) is 10.7. The minimum Gasteiger partial charge on any atom is -0.494 e. The third-order valence-electron chi connectivity index (χ3n) is 7.06. The number of esters is 1. The number of carbonyl (C=O) groups excluding carboxylic acids is 2. The first kappa shape index (κ1) is 29.0. The molecular formula is C35H34N2O4S. The molecule has 214 valence electrons. The van der Waals surface area contributed by atoms with Crippen LogP contribution in [0, 0.1) is 6.92 Å². The molecule has 0 spiro atoms. The Morgan fingerprint density at radius 2 is 1.67 bits per heavy atom. The number of nitrogens with zero attached hydrogens (tertiary/aromatic N) is 1. The van der Waals surface area contributed by atoms with Crippen LogP contribution in [0.25, 0.3) is 33.3 Å². The van der Waals surface area contributed by atoms with Gasteiger partial charge in [0.1, 0.15) is 16.3 Å². The fraction of sp³-hybridized carbons (Fsp3) is 0.229. The third-order valence-corrected chi connectivity index (χ3v) is 8.08. The molecule has 0 aliphatic carbocycles. The number of aromatic nitrogens is 1. The lowest BCUT2D eigenvalue weighted by molar-refractivity contribution is 0.0529. The Morgan fingerprint density at radius 1 is 0.905 bits per heavy atom. The molecule has 2 aromatic heterocycles. The number of ether oxygens (including phenoxy) is 2. The van der Waals surface area contributed by atoms with Crippen molar-refractivity contribution in [1.82, 2.24) is 4.98 Å². The van der Waals surface area contributed by atoms with Gasteiger partial charge in [0, 0.05) is 21.4 Å². The number of benzene rings is 3. The zero-order valence-corrected chi connectivity index (χ0v) is 25.3. The number of pyridine rings is 1. The van der Waals surface area contributed by atoms with Crippen LogP contribution in [-0.2, 0) is 4.74 Å². The summed E-state index contributed by atoms with van der Waals surface area (Å²) in [6.07, 6.45) is 0. The average Bonchev–Trinajstić information content (AvgIpc) is 3.32. The summed E-state index contributed by atoms with van der Waals surface area (Å²) in [4.78, 5) is 33.0. The van der Waals surface area contributed by atoms with E-state index in [2.05, 4.69) is 31.3 Å². The van der Waals surface area contributed by atoms with Crippen LogP contribution in [0.5, 0.6) is 5.75 Å². The van der Waals surface area contributed by atoms with Crippen molar-refractivity contribution in [3.63, 3.8) is 0 Å². The van der Waals surface area contributed by atoms with Gasteiger partial charge in [-0.25, -0.2) is 9.78 Å². The van der Waals surface area contributed by atoms with Gasteiger partial charge in [0.05, 0.1) is 30.0 Å². The van der Waals surface area contributed by atoms with Crippen molar-refractivity contribution < 1.29 is 19.1 Å². The monoisotopic (exact) mass is 578 g/mol. The summed E-state index contributed by atoms with van der Waals surface area (Å²) in [7, 11) is 0. The van der Waals surface area contributed by atoms with E-state index < -0.39 is 5.97 Å². The second-order valence-electron chi connectivity index (χ2n) is 10.2. The second kappa shape index (κ2) is 12.6. The molecule has 5 rings (SSSR count). The molecule has 2 heterocycles. The maximum atomic E-state index is 14.0. The Kier molecular flexibility index (Phi) is 8.69. The molecule has 0 saturated heterocycles. The van der Waals surface area contributed by atoms with E-state index in [1.807, 2.05) is 74.5 Å². The second-order valence-corrected chi connectivity index (χ2v) is 11.4. The number of anilines is 1. The maximum Gasteiger partial charge on any atom is 0.341 e. The number of hydrogen-bond donors (Lipinski definition) is 1. The van der Waals surface area contributed by atoms with Crippen LogP contribution in [0.2, 0.25) is 0 Å². The van der Waals surface area contributed by atoms with Gasteiger partial charge in [-0.1, -0.05) is 68.4 Å². The number of aryl methyl sites for hydroxylation is 1. The Bertz CT molecular complexity index is 1760. The number of carbonyl (C=O) groups is 2. The summed E-state index contributed by atoms with van der Waals surface area (Å²) in [5, 5.41) is 4.23. The first-order valence-electron chi connectivity index (χ1n) is 14.2. The van der Waals surface area contributed by atoms with Crippen molar-refractivity contribution in [2.45, 2.75) is 40.5 Å². The molecular weight excluding hydrogens is 544 g/mol. The summed E-state index contributed by atoms with van der Waals surface area (Å²) >= 11 is 1.37. The molecule has 0 fully saturated rings. The summed E-state index contributed by atoms with van der Waals surface area (Å²) in [6, 6.07) is 25.2. The van der Waals surface area contributed by atoms with Gasteiger partial charge < -0.3 is 14.8 Å². The Labute approximate surface area is 250 Å². The van der Waals surface area contributed by atoms with E-state index in [-0.39, 0.29) is 12.5 Å². The number of fused-ring (bicyclic) bond motifs is 1. The SMILES string of the molecule is CCOC(=O)c1c(NC(=O)c2cc(-c3cccc(OCC)c3)nc3ccccc23)sc(C)c1-c1ccc(C(C)C)cc1. The first-order chi connectivity index (χ1) is 20.3. The van der Waals surface area contributed by atoms with Crippen molar-refractivity contribution >= 4 is 39.1 Å². The molecule has 1 amide bonds. The van der Waals surface area contributed by atoms with Crippen LogP contribution in [0.1, 0.15) is 64.8 Å². The zero-order valence-electron chi connectivity index (χ0n) is 24.5. The number of nitrogens with one attached hydrogen (secondary N) is 1. The predicted molar refractivity (Wildman–Crippen MR) is 171 cm³/mol. The number of hydrogen-bond acceptors (Lipinski definition) is 6. The largest absolute Gasteiger partial charge is 0.494 e. The number of thiophene rings is 1. The standard InChI is InChI=1S/C35H34N2O4S/c1-6-40-26-12-10-11-25(19-26)30-20-28(27-13-8-9-14-29(27)36-30)33(38)37-34-32(35(39)41-7-2)31(22(5)42-34)24-17-15-23(16-18-24)21(3)4/h8-21H,6-7H2,1-5H3,(H,37,38). The summed E-state index contributed by atoms with van der Waals surface area (Å²) < 4.78 is 11.2. The van der Waals surface area contributed by atoms with E-state index in [0.717, 1.165) is 32.7 Å². The first-order valence-corrected chi connectivity index (χ1v) is 15.0. The van der Waals surface area contributed by atoms with E-state index in [1.165, 1.54) is 16.9 Å². The quantitative estimate of drug-likeness (QED) is 0.177. The van der Waals surface area contributed by atoms with Gasteiger partial charge in [-0.05, 0) is 62.1 Å². The fourth-order valence-corrected chi connectivity index (χ4v) is 6.07. The molecule has 7 heteroatoms. The molecule has 0 atom stereocenters. The van der Waals surface area contributed by atoms with Gasteiger partial charge >= 0.3 is 5.97 Å². The van der Waals surface area contributed by atoms with Crippen LogP contribution in [-0.4, -0.2) is 30.1 Å². The van der Waals surface area contributed by atoms with Gasteiger partial charge in [-0.2, -0.15) is 0 Å². The maximum absolute atomic E-state index is 14.0. The lowest BCUT2D eigenvalue weighted by atomic mass is 9.97. The van der Waals surface area contributed by atoms with Gasteiger partial charge in [0.15, 0.2) is 0 Å². The highest BCUT2D eigenvalue weighted by Gasteiger charge is 2.26.